The topological polar surface area (TPSA) is 34.0 Å². The molecule has 24 heavy (non-hydrogen) atoms. The molecule has 3 heteroatoms. The van der Waals surface area contributed by atoms with Crippen LogP contribution >= 0.6 is 0 Å². The van der Waals surface area contributed by atoms with E-state index in [1.54, 1.807) is 0 Å². The van der Waals surface area contributed by atoms with Crippen molar-refractivity contribution in [3.05, 3.63) is 35.0 Å². The summed E-state index contributed by atoms with van der Waals surface area (Å²) in [4.78, 5) is 13.0. The number of fused-ring (bicyclic) bond motifs is 1. The Morgan fingerprint density at radius 3 is 2.50 bits per heavy atom. The predicted molar refractivity (Wildman–Crippen MR) is 101 cm³/mol. The molecule has 1 fully saturated rings. The molecule has 1 aromatic heterocycles. The van der Waals surface area contributed by atoms with Gasteiger partial charge in [-0.25, -0.2) is 0 Å². The third-order valence-electron chi connectivity index (χ3n) is 5.51. The molecule has 130 valence electrons. The molecule has 0 aliphatic heterocycles. The van der Waals surface area contributed by atoms with E-state index in [1.807, 2.05) is 0 Å². The number of benzene rings is 1. The Labute approximate surface area is 145 Å². The molecule has 1 aliphatic rings. The van der Waals surface area contributed by atoms with E-state index in [0.29, 0.717) is 6.04 Å². The van der Waals surface area contributed by atoms with Crippen molar-refractivity contribution in [2.75, 3.05) is 0 Å². The number of carbonyl (C=O) groups excluding carboxylic acids is 1. The molecule has 0 saturated heterocycles. The Kier molecular flexibility index (Phi) is 5.27. The number of aryl methyl sites for hydroxylation is 3. The van der Waals surface area contributed by atoms with Crippen LogP contribution in [0.1, 0.15) is 74.0 Å². The van der Waals surface area contributed by atoms with Crippen molar-refractivity contribution in [2.24, 2.45) is 0 Å². The van der Waals surface area contributed by atoms with Gasteiger partial charge in [-0.1, -0.05) is 38.7 Å². The van der Waals surface area contributed by atoms with E-state index in [1.165, 1.54) is 42.1 Å². The number of nitrogens with one attached hydrogen (secondary N) is 1. The van der Waals surface area contributed by atoms with Crippen LogP contribution in [-0.2, 0) is 13.0 Å². The van der Waals surface area contributed by atoms with E-state index in [2.05, 4.69) is 48.9 Å². The lowest BCUT2D eigenvalue weighted by molar-refractivity contribution is 0.0924. The van der Waals surface area contributed by atoms with Gasteiger partial charge in [0.25, 0.3) is 5.91 Å². The summed E-state index contributed by atoms with van der Waals surface area (Å²) in [6.45, 7) is 7.21. The minimum Gasteiger partial charge on any atom is -0.348 e. The molecule has 0 spiro atoms. The molecule has 1 N–H and O–H groups in total. The van der Waals surface area contributed by atoms with Crippen LogP contribution in [0, 0.1) is 6.92 Å². The summed E-state index contributed by atoms with van der Waals surface area (Å²) in [6.07, 6.45) is 8.35. The molecule has 0 bridgehead atoms. The van der Waals surface area contributed by atoms with Crippen molar-refractivity contribution in [2.45, 2.75) is 78.3 Å². The highest BCUT2D eigenvalue weighted by atomic mass is 16.2. The third kappa shape index (κ3) is 3.22. The van der Waals surface area contributed by atoms with Crippen LogP contribution in [0.4, 0.5) is 0 Å². The summed E-state index contributed by atoms with van der Waals surface area (Å²) in [5, 5.41) is 4.54. The Balaban J connectivity index is 1.95. The van der Waals surface area contributed by atoms with Crippen molar-refractivity contribution in [3.63, 3.8) is 0 Å². The fraction of sp³-hybridized carbons (Fsp3) is 0.571. The lowest BCUT2D eigenvalue weighted by Gasteiger charge is -2.17. The summed E-state index contributed by atoms with van der Waals surface area (Å²) in [6, 6.07) is 6.95. The molecular weight excluding hydrogens is 296 g/mol. The second-order valence-corrected chi connectivity index (χ2v) is 7.08. The second kappa shape index (κ2) is 7.42. The highest BCUT2D eigenvalue weighted by Crippen LogP contribution is 2.27. The van der Waals surface area contributed by atoms with Gasteiger partial charge in [0.1, 0.15) is 5.69 Å². The van der Waals surface area contributed by atoms with Crippen molar-refractivity contribution in [3.8, 4) is 0 Å². The van der Waals surface area contributed by atoms with E-state index in [-0.39, 0.29) is 5.91 Å². The molecule has 1 amide bonds. The Hall–Kier alpha value is -1.77. The average Bonchev–Trinajstić information content (AvgIpc) is 2.74. The van der Waals surface area contributed by atoms with Gasteiger partial charge < -0.3 is 9.88 Å². The van der Waals surface area contributed by atoms with Gasteiger partial charge >= 0.3 is 0 Å². The van der Waals surface area contributed by atoms with Crippen LogP contribution in [0.2, 0.25) is 0 Å². The van der Waals surface area contributed by atoms with Crippen LogP contribution in [0.5, 0.6) is 0 Å². The van der Waals surface area contributed by atoms with Gasteiger partial charge in [-0.3, -0.25) is 4.79 Å². The van der Waals surface area contributed by atoms with E-state index in [0.717, 1.165) is 37.1 Å². The summed E-state index contributed by atoms with van der Waals surface area (Å²) >= 11 is 0. The minimum atomic E-state index is 0.107. The largest absolute Gasteiger partial charge is 0.348 e. The molecule has 3 nitrogen and oxygen atoms in total. The van der Waals surface area contributed by atoms with Crippen molar-refractivity contribution >= 4 is 16.8 Å². The lowest BCUT2D eigenvalue weighted by Crippen LogP contribution is -2.36. The first-order chi connectivity index (χ1) is 11.7. The van der Waals surface area contributed by atoms with Crippen molar-refractivity contribution in [1.29, 1.82) is 0 Å². The molecule has 1 aliphatic carbocycles. The number of amides is 1. The fourth-order valence-electron chi connectivity index (χ4n) is 4.09. The van der Waals surface area contributed by atoms with Gasteiger partial charge in [0.2, 0.25) is 0 Å². The molecule has 1 heterocycles. The monoisotopic (exact) mass is 326 g/mol. The number of hydrogen-bond acceptors (Lipinski definition) is 1. The summed E-state index contributed by atoms with van der Waals surface area (Å²) in [5.74, 6) is 0.107. The van der Waals surface area contributed by atoms with Gasteiger partial charge in [-0.15, -0.1) is 0 Å². The number of carbonyl (C=O) groups is 1. The van der Waals surface area contributed by atoms with Gasteiger partial charge in [0.05, 0.1) is 0 Å². The quantitative estimate of drug-likeness (QED) is 0.790. The third-order valence-corrected chi connectivity index (χ3v) is 5.51. The average molecular weight is 326 g/mol. The number of aromatic nitrogens is 1. The lowest BCUT2D eigenvalue weighted by atomic mass is 10.1. The molecule has 1 aromatic carbocycles. The molecule has 3 rings (SSSR count). The molecule has 0 radical (unpaired) electrons. The zero-order valence-corrected chi connectivity index (χ0v) is 15.3. The first-order valence-electron chi connectivity index (χ1n) is 9.58. The maximum atomic E-state index is 13.0. The number of nitrogens with zero attached hydrogens (tertiary/aromatic N) is 1. The smallest absolute Gasteiger partial charge is 0.268 e. The van der Waals surface area contributed by atoms with Crippen LogP contribution in [-0.4, -0.2) is 16.5 Å². The van der Waals surface area contributed by atoms with Crippen molar-refractivity contribution in [1.82, 2.24) is 9.88 Å². The predicted octanol–water partition coefficient (Wildman–Crippen LogP) is 4.98. The van der Waals surface area contributed by atoms with E-state index < -0.39 is 0 Å². The standard InChI is InChI=1S/C21H30N2O/c1-4-16-12-13-19-18(14-16)15(3)20(23(19)5-2)21(24)22-17-10-8-6-7-9-11-17/h12-14,17H,4-11H2,1-3H3,(H,22,24). The normalized spacial score (nSPS) is 16.3. The van der Waals surface area contributed by atoms with Crippen LogP contribution in [0.15, 0.2) is 18.2 Å². The van der Waals surface area contributed by atoms with Crippen LogP contribution in [0.25, 0.3) is 10.9 Å². The minimum absolute atomic E-state index is 0.107. The number of hydrogen-bond donors (Lipinski definition) is 1. The fourth-order valence-corrected chi connectivity index (χ4v) is 4.09. The number of rotatable bonds is 4. The Morgan fingerprint density at radius 2 is 1.88 bits per heavy atom. The van der Waals surface area contributed by atoms with E-state index in [9.17, 15) is 4.79 Å². The molecular formula is C21H30N2O. The molecule has 0 unspecified atom stereocenters. The summed E-state index contributed by atoms with van der Waals surface area (Å²) < 4.78 is 2.18. The summed E-state index contributed by atoms with van der Waals surface area (Å²) in [7, 11) is 0. The molecule has 2 aromatic rings. The molecule has 1 saturated carbocycles. The van der Waals surface area contributed by atoms with Gasteiger partial charge in [0.15, 0.2) is 0 Å². The summed E-state index contributed by atoms with van der Waals surface area (Å²) in [5.41, 5.74) is 4.48. The van der Waals surface area contributed by atoms with E-state index >= 15 is 0 Å². The SMILES string of the molecule is CCc1ccc2c(c1)c(C)c(C(=O)NC1CCCCCC1)n2CC. The first-order valence-corrected chi connectivity index (χ1v) is 9.58. The van der Waals surface area contributed by atoms with E-state index in [4.69, 9.17) is 0 Å². The van der Waals surface area contributed by atoms with Crippen LogP contribution < -0.4 is 5.32 Å². The highest BCUT2D eigenvalue weighted by Gasteiger charge is 2.22. The zero-order valence-electron chi connectivity index (χ0n) is 15.3. The highest BCUT2D eigenvalue weighted by molar-refractivity contribution is 6.01. The second-order valence-electron chi connectivity index (χ2n) is 7.08. The Bertz CT molecular complexity index is 721. The van der Waals surface area contributed by atoms with Gasteiger partial charge in [0, 0.05) is 23.5 Å². The maximum absolute atomic E-state index is 13.0. The van der Waals surface area contributed by atoms with Crippen molar-refractivity contribution < 1.29 is 4.79 Å². The van der Waals surface area contributed by atoms with Gasteiger partial charge in [-0.2, -0.15) is 0 Å². The van der Waals surface area contributed by atoms with Crippen LogP contribution in [0.3, 0.4) is 0 Å². The molecule has 0 atom stereocenters. The zero-order chi connectivity index (χ0) is 17.1. The first kappa shape index (κ1) is 17.1. The maximum Gasteiger partial charge on any atom is 0.268 e. The Morgan fingerprint density at radius 1 is 1.17 bits per heavy atom. The van der Waals surface area contributed by atoms with Gasteiger partial charge in [-0.05, 0) is 56.4 Å².